The first kappa shape index (κ1) is 19.7. The molecule has 1 aliphatic carbocycles. The Morgan fingerprint density at radius 3 is 2.72 bits per heavy atom. The number of aromatic amines is 1. The van der Waals surface area contributed by atoms with Crippen molar-refractivity contribution < 1.29 is 13.2 Å². The van der Waals surface area contributed by atoms with Crippen molar-refractivity contribution in [1.29, 1.82) is 0 Å². The molecule has 2 aromatic carbocycles. The fourth-order valence-corrected chi connectivity index (χ4v) is 5.09. The SMILES string of the molecule is Cc1cccc(NC(=O)CN(C)S(=O)(=O)c2ccc3[nH]c4c(c3c2)CCCC4)c1. The van der Waals surface area contributed by atoms with Gasteiger partial charge in [0.25, 0.3) is 0 Å². The van der Waals surface area contributed by atoms with Crippen molar-refractivity contribution >= 4 is 32.5 Å². The van der Waals surface area contributed by atoms with Crippen molar-refractivity contribution in [2.24, 2.45) is 0 Å². The number of anilines is 1. The minimum absolute atomic E-state index is 0.211. The summed E-state index contributed by atoms with van der Waals surface area (Å²) in [5.74, 6) is -0.373. The lowest BCUT2D eigenvalue weighted by molar-refractivity contribution is -0.116. The van der Waals surface area contributed by atoms with Crippen LogP contribution in [0.25, 0.3) is 10.9 Å². The van der Waals surface area contributed by atoms with E-state index in [9.17, 15) is 13.2 Å². The molecule has 0 spiro atoms. The van der Waals surface area contributed by atoms with Gasteiger partial charge in [0.2, 0.25) is 15.9 Å². The molecule has 2 N–H and O–H groups in total. The van der Waals surface area contributed by atoms with Crippen molar-refractivity contribution in [3.8, 4) is 0 Å². The molecule has 1 aliphatic rings. The van der Waals surface area contributed by atoms with E-state index in [2.05, 4.69) is 10.3 Å². The van der Waals surface area contributed by atoms with E-state index in [1.807, 2.05) is 31.2 Å². The molecule has 3 aromatic rings. The summed E-state index contributed by atoms with van der Waals surface area (Å²) in [5, 5.41) is 3.72. The maximum atomic E-state index is 13.0. The molecular formula is C22H25N3O3S. The minimum Gasteiger partial charge on any atom is -0.358 e. The smallest absolute Gasteiger partial charge is 0.243 e. The number of carbonyl (C=O) groups excluding carboxylic acids is 1. The summed E-state index contributed by atoms with van der Waals surface area (Å²) >= 11 is 0. The van der Waals surface area contributed by atoms with Crippen molar-refractivity contribution in [2.75, 3.05) is 18.9 Å². The van der Waals surface area contributed by atoms with Crippen LogP contribution in [0.4, 0.5) is 5.69 Å². The van der Waals surface area contributed by atoms with E-state index < -0.39 is 10.0 Å². The highest BCUT2D eigenvalue weighted by Gasteiger charge is 2.25. The number of hydrogen-bond donors (Lipinski definition) is 2. The molecule has 0 saturated carbocycles. The molecule has 0 saturated heterocycles. The third-order valence-electron chi connectivity index (χ3n) is 5.45. The fraction of sp³-hybridized carbons (Fsp3) is 0.318. The van der Waals surface area contributed by atoms with Crippen LogP contribution in [0, 0.1) is 6.92 Å². The number of hydrogen-bond acceptors (Lipinski definition) is 3. The Morgan fingerprint density at radius 1 is 1.14 bits per heavy atom. The largest absolute Gasteiger partial charge is 0.358 e. The number of aromatic nitrogens is 1. The van der Waals surface area contributed by atoms with Crippen molar-refractivity contribution in [3.63, 3.8) is 0 Å². The predicted molar refractivity (Wildman–Crippen MR) is 115 cm³/mol. The number of likely N-dealkylation sites (N-methyl/N-ethyl adjacent to an activating group) is 1. The molecule has 0 aliphatic heterocycles. The third-order valence-corrected chi connectivity index (χ3v) is 7.25. The Morgan fingerprint density at radius 2 is 1.93 bits per heavy atom. The maximum absolute atomic E-state index is 13.0. The molecule has 0 radical (unpaired) electrons. The predicted octanol–water partition coefficient (Wildman–Crippen LogP) is 3.61. The van der Waals surface area contributed by atoms with Gasteiger partial charge in [0.1, 0.15) is 0 Å². The quantitative estimate of drug-likeness (QED) is 0.673. The summed E-state index contributed by atoms with van der Waals surface area (Å²) < 4.78 is 27.2. The average molecular weight is 412 g/mol. The Hall–Kier alpha value is -2.64. The van der Waals surface area contributed by atoms with Gasteiger partial charge in [-0.05, 0) is 74.1 Å². The van der Waals surface area contributed by atoms with E-state index in [4.69, 9.17) is 0 Å². The average Bonchev–Trinajstić information content (AvgIpc) is 3.05. The third kappa shape index (κ3) is 3.93. The van der Waals surface area contributed by atoms with Gasteiger partial charge in [-0.15, -0.1) is 0 Å². The Labute approximate surface area is 171 Å². The van der Waals surface area contributed by atoms with E-state index in [0.717, 1.165) is 46.5 Å². The topological polar surface area (TPSA) is 82.3 Å². The summed E-state index contributed by atoms with van der Waals surface area (Å²) in [6, 6.07) is 12.6. The number of nitrogens with zero attached hydrogens (tertiary/aromatic N) is 1. The van der Waals surface area contributed by atoms with Gasteiger partial charge in [0.15, 0.2) is 0 Å². The normalized spacial score (nSPS) is 14.2. The second kappa shape index (κ2) is 7.65. The van der Waals surface area contributed by atoms with Crippen LogP contribution < -0.4 is 5.32 Å². The van der Waals surface area contributed by atoms with Crippen LogP contribution in [0.5, 0.6) is 0 Å². The van der Waals surface area contributed by atoms with E-state index in [1.165, 1.54) is 18.3 Å². The van der Waals surface area contributed by atoms with E-state index in [1.54, 1.807) is 18.2 Å². The highest BCUT2D eigenvalue weighted by atomic mass is 32.2. The van der Waals surface area contributed by atoms with E-state index >= 15 is 0 Å². The molecule has 1 heterocycles. The van der Waals surface area contributed by atoms with Gasteiger partial charge in [-0.1, -0.05) is 12.1 Å². The first-order valence-corrected chi connectivity index (χ1v) is 11.2. The molecule has 0 unspecified atom stereocenters. The van der Waals surface area contributed by atoms with Crippen LogP contribution in [-0.2, 0) is 27.7 Å². The number of nitrogens with one attached hydrogen (secondary N) is 2. The van der Waals surface area contributed by atoms with Gasteiger partial charge in [-0.3, -0.25) is 4.79 Å². The monoisotopic (exact) mass is 411 g/mol. The van der Waals surface area contributed by atoms with Gasteiger partial charge < -0.3 is 10.3 Å². The summed E-state index contributed by atoms with van der Waals surface area (Å²) in [7, 11) is -2.34. The number of carbonyl (C=O) groups is 1. The van der Waals surface area contributed by atoms with Gasteiger partial charge in [-0.25, -0.2) is 8.42 Å². The second-order valence-electron chi connectivity index (χ2n) is 7.68. The number of sulfonamides is 1. The Bertz CT molecular complexity index is 1180. The lowest BCUT2D eigenvalue weighted by Gasteiger charge is -2.17. The van der Waals surface area contributed by atoms with Gasteiger partial charge in [0, 0.05) is 29.3 Å². The number of aryl methyl sites for hydroxylation is 3. The first-order chi connectivity index (χ1) is 13.8. The van der Waals surface area contributed by atoms with Crippen LogP contribution in [0.1, 0.15) is 29.7 Å². The van der Waals surface area contributed by atoms with Gasteiger partial charge in [-0.2, -0.15) is 4.31 Å². The van der Waals surface area contributed by atoms with Crippen LogP contribution in [0.2, 0.25) is 0 Å². The van der Waals surface area contributed by atoms with Gasteiger partial charge in [0.05, 0.1) is 11.4 Å². The van der Waals surface area contributed by atoms with Crippen LogP contribution >= 0.6 is 0 Å². The summed E-state index contributed by atoms with van der Waals surface area (Å²) in [5.41, 5.74) is 5.08. The summed E-state index contributed by atoms with van der Waals surface area (Å²) in [6.07, 6.45) is 4.25. The Balaban J connectivity index is 1.54. The van der Waals surface area contributed by atoms with Crippen LogP contribution in [0.3, 0.4) is 0 Å². The minimum atomic E-state index is -3.77. The fourth-order valence-electron chi connectivity index (χ4n) is 3.94. The zero-order chi connectivity index (χ0) is 20.6. The molecule has 4 rings (SSSR count). The molecule has 0 atom stereocenters. The zero-order valence-electron chi connectivity index (χ0n) is 16.7. The number of fused-ring (bicyclic) bond motifs is 3. The maximum Gasteiger partial charge on any atom is 0.243 e. The highest BCUT2D eigenvalue weighted by molar-refractivity contribution is 7.89. The summed E-state index contributed by atoms with van der Waals surface area (Å²) in [6.45, 7) is 1.68. The lowest BCUT2D eigenvalue weighted by Crippen LogP contribution is -2.35. The molecule has 0 fully saturated rings. The van der Waals surface area contributed by atoms with Crippen molar-refractivity contribution in [2.45, 2.75) is 37.5 Å². The number of amides is 1. The molecule has 0 bridgehead atoms. The second-order valence-corrected chi connectivity index (χ2v) is 9.72. The van der Waals surface area contributed by atoms with E-state index in [-0.39, 0.29) is 17.3 Å². The first-order valence-electron chi connectivity index (χ1n) is 9.81. The molecule has 6 nitrogen and oxygen atoms in total. The Kier molecular flexibility index (Phi) is 5.19. The van der Waals surface area contributed by atoms with E-state index in [0.29, 0.717) is 5.69 Å². The number of H-pyrrole nitrogens is 1. The lowest BCUT2D eigenvalue weighted by atomic mass is 9.96. The van der Waals surface area contributed by atoms with Gasteiger partial charge >= 0.3 is 0 Å². The highest BCUT2D eigenvalue weighted by Crippen LogP contribution is 2.31. The molecule has 1 amide bonds. The summed E-state index contributed by atoms with van der Waals surface area (Å²) in [4.78, 5) is 16.0. The molecule has 29 heavy (non-hydrogen) atoms. The van der Waals surface area contributed by atoms with Crippen molar-refractivity contribution in [1.82, 2.24) is 9.29 Å². The standard InChI is InChI=1S/C22H25N3O3S/c1-15-6-5-7-16(12-15)23-22(26)14-25(2)29(27,28)17-10-11-21-19(13-17)18-8-3-4-9-20(18)24-21/h5-7,10-13,24H,3-4,8-9,14H2,1-2H3,(H,23,26). The zero-order valence-corrected chi connectivity index (χ0v) is 17.5. The molecule has 7 heteroatoms. The molecule has 1 aromatic heterocycles. The number of rotatable bonds is 5. The van der Waals surface area contributed by atoms with Crippen LogP contribution in [0.15, 0.2) is 47.4 Å². The molecule has 152 valence electrons. The van der Waals surface area contributed by atoms with Crippen molar-refractivity contribution in [3.05, 3.63) is 59.3 Å². The number of benzene rings is 2. The van der Waals surface area contributed by atoms with Crippen LogP contribution in [-0.4, -0.2) is 37.2 Å². The molecular weight excluding hydrogens is 386 g/mol.